The van der Waals surface area contributed by atoms with Crippen molar-refractivity contribution in [3.05, 3.63) is 134 Å². The molecule has 6 aliphatic heterocycles. The topological polar surface area (TPSA) is 734 Å². The van der Waals surface area contributed by atoms with E-state index in [1.54, 1.807) is 13.8 Å². The van der Waals surface area contributed by atoms with E-state index >= 15 is 22.8 Å². The van der Waals surface area contributed by atoms with Crippen molar-refractivity contribution < 1.29 is 154 Å². The Morgan fingerprint density at radius 2 is 0.760 bits per heavy atom. The van der Waals surface area contributed by atoms with Gasteiger partial charge in [-0.05, 0) is 41.0 Å². The van der Waals surface area contributed by atoms with Crippen LogP contribution in [-0.2, 0) is 144 Å². The largest absolute Gasteiger partial charge is 0.472 e. The lowest BCUT2D eigenvalue weighted by atomic mass is 10.0. The zero-order chi connectivity index (χ0) is 109. The molecule has 0 aliphatic carbocycles. The van der Waals surface area contributed by atoms with Crippen LogP contribution in [0.2, 0.25) is 0 Å². The normalized spacial score (nSPS) is 28.6. The minimum Gasteiger partial charge on any atom is -0.387 e. The molecule has 14 unspecified atom stereocenters. The number of aliphatic hydroxyl groups is 1. The first-order valence-corrected chi connectivity index (χ1v) is 58.8. The van der Waals surface area contributed by atoms with Gasteiger partial charge < -0.3 is 124 Å². The molecule has 0 saturated carbocycles. The van der Waals surface area contributed by atoms with Crippen molar-refractivity contribution in [1.82, 2.24) is 67.3 Å². The number of nitrogens with two attached hydrogens (primary N) is 5. The van der Waals surface area contributed by atoms with Gasteiger partial charge >= 0.3 is 65.1 Å². The third-order valence-electron chi connectivity index (χ3n) is 25.2. The van der Waals surface area contributed by atoms with Crippen molar-refractivity contribution >= 4 is 101 Å². The number of phosphoric ester groups is 1. The van der Waals surface area contributed by atoms with Crippen LogP contribution in [0.1, 0.15) is 130 Å². The first-order chi connectivity index (χ1) is 71.3. The summed E-state index contributed by atoms with van der Waals surface area (Å²) in [5, 5.41) is 11.8. The molecule has 13 rings (SSSR count). The number of thiol groups is 2. The first kappa shape index (κ1) is 120. The Bertz CT molecular complexity index is 6360. The highest BCUT2D eigenvalue weighted by molar-refractivity contribution is 8.44. The summed E-state index contributed by atoms with van der Waals surface area (Å²) in [4.78, 5) is 126. The average Bonchev–Trinajstić information content (AvgIpc) is 1.55. The number of unbranched alkanes of at least 4 members (excludes halogenated alkanes) is 6. The number of fused-ring (bicyclic) bond motifs is 1. The van der Waals surface area contributed by atoms with Gasteiger partial charge in [0.25, 0.3) is 5.56 Å². The zero-order valence-electron chi connectivity index (χ0n) is 84.6. The van der Waals surface area contributed by atoms with Crippen LogP contribution in [0.4, 0.5) is 29.1 Å². The Morgan fingerprint density at radius 3 is 1.21 bits per heavy atom. The van der Waals surface area contributed by atoms with E-state index in [-0.39, 0.29) is 123 Å². The summed E-state index contributed by atoms with van der Waals surface area (Å²) in [6.07, 6.45) is -19.9. The van der Waals surface area contributed by atoms with Crippen LogP contribution in [0.5, 0.6) is 0 Å². The summed E-state index contributed by atoms with van der Waals surface area (Å²) < 4.78 is 243. The molecule has 6 aliphatic rings. The van der Waals surface area contributed by atoms with Gasteiger partial charge in [-0.2, -0.15) is 19.9 Å². The molecule has 6 fully saturated rings. The van der Waals surface area contributed by atoms with Gasteiger partial charge in [-0.25, -0.2) is 52.6 Å². The van der Waals surface area contributed by atoms with Gasteiger partial charge in [0.1, 0.15) is 133 Å². The highest BCUT2D eigenvalue weighted by atomic mass is 32.7. The van der Waals surface area contributed by atoms with Crippen molar-refractivity contribution in [3.8, 4) is 0 Å². The van der Waals surface area contributed by atoms with Crippen LogP contribution in [-0.4, -0.2) is 329 Å². The summed E-state index contributed by atoms with van der Waals surface area (Å²) in [5.41, 5.74) is 26.5. The van der Waals surface area contributed by atoms with E-state index in [4.69, 9.17) is 150 Å². The molecule has 7 aromatic heterocycles. The van der Waals surface area contributed by atoms with Gasteiger partial charge in [0, 0.05) is 114 Å². The lowest BCUT2D eigenvalue weighted by Crippen LogP contribution is -2.42. The standard InChI is InChI=1S/C85H132N19O39P5S2/c1-14-15-16-17-18-19-20-21-50-51(32-57(133-50)99-33-45(2)69(86)94-81(99)107)139-147(116,149)131-42-56-63(68(127-31-26-122-11)80(138-56)104-44-93-58-73(90)91-43-92-74(58)104)143-148(117,150)132-41-55-62(67(126-30-25-121-10)79(137-55)103-37-49(6)75(106)98-85(103)111)142-146(114,115)130-40-54-61(66(125-29-24-120-9)78(136-54)102-36-48(5)72(89)97-84(102)110)141-145(13,113)129-39-53-60(65(124-28-23-119-8)77(135-53)101-35-47(4)71(88)96-83(101)109)140-144(12,112)128-38-52-59(105)64(123-27-22-118-7)76(134-52)100-34-46(3)70(87)95-82(100)108/h33-37,43-44,50-57,59-68,76-80,105H,14-32,38-42H2,1-13H3,(H,114,115)(H,116,149)(H,117,150)(H2,86,94,107)(H2,87,95,108)(H2,88,96,109)(H2,89,97,110)(H2,90,91,92)(H,98,106,111)/t50-,51?,52-,53-,54-,55-,56-,57-,59+,60?,61?,62?,63?,64+,65?,66?,67?,68?,76-,77-,78-,79-,80-,144?,145?,147?,148?/m1/s1. The molecular weight excluding hydrogens is 2130 g/mol. The number of nitrogens with one attached hydrogen (secondary N) is 1. The summed E-state index contributed by atoms with van der Waals surface area (Å²) in [6.45, 7) is -4.50. The number of nitrogens with zero attached hydrogens (tertiary/aromatic N) is 13. The van der Waals surface area contributed by atoms with E-state index in [1.165, 1.54) is 96.6 Å². The van der Waals surface area contributed by atoms with Gasteiger partial charge in [0.2, 0.25) is 0 Å². The molecule has 65 heteroatoms. The number of aryl methyl sites for hydroxylation is 5. The number of ether oxygens (including phenoxy) is 16. The zero-order valence-corrected chi connectivity index (χ0v) is 90.9. The Balaban J connectivity index is 0.795. The second-order valence-corrected chi connectivity index (χ2v) is 47.3. The van der Waals surface area contributed by atoms with Crippen molar-refractivity contribution in [3.63, 3.8) is 0 Å². The molecular formula is C85H132N19O39P5S2. The number of anilines is 5. The predicted octanol–water partition coefficient (Wildman–Crippen LogP) is 4.12. The van der Waals surface area contributed by atoms with Gasteiger partial charge in [-0.3, -0.25) is 82.5 Å². The van der Waals surface area contributed by atoms with E-state index in [0.29, 0.717) is 24.0 Å². The number of aromatic nitrogens is 14. The molecule has 0 radical (unpaired) electrons. The van der Waals surface area contributed by atoms with Crippen LogP contribution >= 0.6 is 61.1 Å². The summed E-state index contributed by atoms with van der Waals surface area (Å²) >= 11 is 8.99. The van der Waals surface area contributed by atoms with E-state index in [2.05, 4.69) is 71.3 Å². The maximum Gasteiger partial charge on any atom is 0.472 e. The Morgan fingerprint density at radius 1 is 0.400 bits per heavy atom. The number of hydrogen-bond donors (Lipinski definition) is 10. The SMILES string of the molecule is CCCCCCCCC[C@H]1O[C@@H](n2cc(C)c(N)nc2=O)CC1OP(=O)(S)OC[C@H]1O[C@@H](n2cnc3c(N)ncnc32)C(OCCOC)C1OP(=O)(S)OC[C@H]1O[C@@H](n2cc(C)c(=O)[nH]c2=O)C(OCCOC)C1OP(=O)(O)OC[C@H]1O[C@@H](n2cc(C)c(N)nc2=O)C(OCCOC)C1OP(C)(=O)OC[C@H]1O[C@@H](n2cc(C)c(N)nc2=O)C(OCCOC)C1OP(C)(=O)OC[C@H]1O[C@@H](n2cc(C)c(N)nc2=O)[C@@H](OCCOC)[C@H]1O. The fraction of sp³-hybridized carbons (Fsp3) is 0.706. The number of aliphatic hydroxyl groups excluding tert-OH is 1. The third kappa shape index (κ3) is 30.3. The fourth-order valence-electron chi connectivity index (χ4n) is 17.5. The van der Waals surface area contributed by atoms with Gasteiger partial charge in [0.05, 0.1) is 118 Å². The second-order valence-electron chi connectivity index (χ2n) is 36.1. The number of aromatic amines is 1. The third-order valence-corrected chi connectivity index (χ3v) is 31.9. The van der Waals surface area contributed by atoms with Crippen LogP contribution in [0.15, 0.2) is 72.4 Å². The average molecular weight is 2260 g/mol. The smallest absolute Gasteiger partial charge is 0.387 e. The number of H-pyrrole nitrogens is 1. The minimum atomic E-state index is -5.91. The lowest BCUT2D eigenvalue weighted by molar-refractivity contribution is -0.0847. The first-order valence-electron chi connectivity index (χ1n) is 47.9. The molecule has 6 saturated heterocycles. The number of imidazole rings is 1. The van der Waals surface area contributed by atoms with Gasteiger partial charge in [0.15, 0.2) is 42.6 Å². The van der Waals surface area contributed by atoms with Crippen molar-refractivity contribution in [1.29, 1.82) is 0 Å². The van der Waals surface area contributed by atoms with Crippen LogP contribution < -0.4 is 62.7 Å². The number of nitrogen functional groups attached to an aromatic ring is 5. The number of phosphoric acid groups is 1. The molecule has 838 valence electrons. The monoisotopic (exact) mass is 2260 g/mol. The molecule has 150 heavy (non-hydrogen) atoms. The quantitative estimate of drug-likeness (QED) is 0.0146. The number of rotatable bonds is 59. The highest BCUT2D eigenvalue weighted by Crippen LogP contribution is 2.62. The van der Waals surface area contributed by atoms with Crippen molar-refractivity contribution in [2.45, 2.75) is 240 Å². The van der Waals surface area contributed by atoms with Gasteiger partial charge in [-0.1, -0.05) is 76.4 Å². The Kier molecular flexibility index (Phi) is 42.6. The summed E-state index contributed by atoms with van der Waals surface area (Å²) in [5.74, 6) is -0.470. The lowest BCUT2D eigenvalue weighted by Gasteiger charge is -2.30. The maximum atomic E-state index is 15.8. The molecule has 28 atom stereocenters. The van der Waals surface area contributed by atoms with Crippen LogP contribution in [0.3, 0.4) is 0 Å². The minimum absolute atomic E-state index is 0.0146. The van der Waals surface area contributed by atoms with E-state index < -0.39 is 251 Å². The Labute approximate surface area is 869 Å². The van der Waals surface area contributed by atoms with E-state index in [9.17, 15) is 38.8 Å². The molecule has 13 N–H and O–H groups in total. The maximum absolute atomic E-state index is 15.8. The van der Waals surface area contributed by atoms with E-state index in [0.717, 1.165) is 82.6 Å². The van der Waals surface area contributed by atoms with E-state index in [1.807, 2.05) is 0 Å². The molecule has 0 amide bonds. The van der Waals surface area contributed by atoms with Crippen molar-refractivity contribution in [2.24, 2.45) is 0 Å². The summed E-state index contributed by atoms with van der Waals surface area (Å²) in [7, 11) is -8.62. The van der Waals surface area contributed by atoms with Crippen molar-refractivity contribution in [2.75, 3.05) is 177 Å². The molecule has 0 bridgehead atoms. The molecule has 0 spiro atoms. The summed E-state index contributed by atoms with van der Waals surface area (Å²) in [6, 6.07) is 0. The highest BCUT2D eigenvalue weighted by Gasteiger charge is 2.59. The molecule has 58 nitrogen and oxygen atoms in total. The molecule has 13 heterocycles. The number of methoxy groups -OCH3 is 5. The molecule has 7 aromatic rings. The van der Waals surface area contributed by atoms with Gasteiger partial charge in [-0.15, -0.1) is 0 Å². The fourth-order valence-corrected chi connectivity index (χ4v) is 23.8. The molecule has 0 aromatic carbocycles. The Hall–Kier alpha value is -7.52. The predicted molar refractivity (Wildman–Crippen MR) is 535 cm³/mol. The van der Waals surface area contributed by atoms with Crippen LogP contribution in [0.25, 0.3) is 11.2 Å². The number of hydrogen-bond acceptors (Lipinski definition) is 50. The van der Waals surface area contributed by atoms with Crippen LogP contribution in [0, 0.1) is 34.6 Å². The second kappa shape index (κ2) is 53.5.